The normalized spacial score (nSPS) is 34.8. The van der Waals surface area contributed by atoms with Crippen molar-refractivity contribution in [2.24, 2.45) is 23.2 Å². The van der Waals surface area contributed by atoms with Gasteiger partial charge in [-0.3, -0.25) is 0 Å². The molecule has 3 aliphatic rings. The van der Waals surface area contributed by atoms with E-state index in [0.29, 0.717) is 11.5 Å². The van der Waals surface area contributed by atoms with E-state index in [0.717, 1.165) is 55.8 Å². The fraction of sp³-hybridized carbons (Fsp3) is 0.793. The van der Waals surface area contributed by atoms with Crippen molar-refractivity contribution in [3.8, 4) is 0 Å². The Kier molecular flexibility index (Phi) is 9.20. The highest BCUT2D eigenvalue weighted by molar-refractivity contribution is 7.98. The molecule has 5 atom stereocenters. The van der Waals surface area contributed by atoms with Crippen LogP contribution in [0.15, 0.2) is 35.5 Å². The number of allylic oxidation sites excluding steroid dienone is 4. The Hall–Kier alpha value is -0.510. The molecule has 3 fully saturated rings. The zero-order valence-electron chi connectivity index (χ0n) is 21.4. The van der Waals surface area contributed by atoms with Gasteiger partial charge in [0.25, 0.3) is 0 Å². The van der Waals surface area contributed by atoms with E-state index < -0.39 is 5.60 Å². The van der Waals surface area contributed by atoms with Crippen LogP contribution >= 0.6 is 11.8 Å². The average molecular weight is 461 g/mol. The van der Waals surface area contributed by atoms with Gasteiger partial charge in [0.05, 0.1) is 17.6 Å². The van der Waals surface area contributed by atoms with Gasteiger partial charge in [-0.05, 0) is 107 Å². The summed E-state index contributed by atoms with van der Waals surface area (Å²) in [7, 11) is 0. The third-order valence-electron chi connectivity index (χ3n) is 8.76. The molecule has 1 unspecified atom stereocenters. The quantitative estimate of drug-likeness (QED) is 0.353. The molecule has 2 nitrogen and oxygen atoms in total. The number of fused-ring (bicyclic) bond motifs is 1. The second-order valence-corrected chi connectivity index (χ2v) is 12.6. The largest absolute Gasteiger partial charge is 0.390 e. The predicted octanol–water partition coefficient (Wildman–Crippen LogP) is 8.08. The third kappa shape index (κ3) is 6.54. The molecule has 182 valence electrons. The van der Waals surface area contributed by atoms with Crippen LogP contribution in [0.2, 0.25) is 0 Å². The highest BCUT2D eigenvalue weighted by Crippen LogP contribution is 2.60. The van der Waals surface area contributed by atoms with Gasteiger partial charge < -0.3 is 9.84 Å². The molecule has 0 aromatic carbocycles. The van der Waals surface area contributed by atoms with Crippen LogP contribution in [0.4, 0.5) is 0 Å². The summed E-state index contributed by atoms with van der Waals surface area (Å²) < 4.78 is 6.03. The lowest BCUT2D eigenvalue weighted by Crippen LogP contribution is -2.36. The molecule has 1 N–H and O–H groups in total. The highest BCUT2D eigenvalue weighted by Gasteiger charge is 2.50. The van der Waals surface area contributed by atoms with Gasteiger partial charge >= 0.3 is 0 Å². The molecule has 3 heteroatoms. The van der Waals surface area contributed by atoms with Crippen LogP contribution in [0.25, 0.3) is 0 Å². The summed E-state index contributed by atoms with van der Waals surface area (Å²) >= 11 is 1.76. The summed E-state index contributed by atoms with van der Waals surface area (Å²) in [5.41, 5.74) is 4.34. The lowest BCUT2D eigenvalue weighted by molar-refractivity contribution is 0.0596. The Balaban J connectivity index is 1.66. The first-order valence-electron chi connectivity index (χ1n) is 13.0. The van der Waals surface area contributed by atoms with Crippen molar-refractivity contribution in [3.05, 3.63) is 35.5 Å². The maximum absolute atomic E-state index is 10.1. The molecule has 0 aromatic heterocycles. The van der Waals surface area contributed by atoms with Crippen LogP contribution in [0.5, 0.6) is 0 Å². The third-order valence-corrected chi connectivity index (χ3v) is 9.13. The van der Waals surface area contributed by atoms with E-state index in [2.05, 4.69) is 38.8 Å². The van der Waals surface area contributed by atoms with E-state index in [9.17, 15) is 5.11 Å². The molecule has 3 saturated carbocycles. The van der Waals surface area contributed by atoms with E-state index in [1.807, 2.05) is 13.8 Å². The minimum Gasteiger partial charge on any atom is -0.390 e. The van der Waals surface area contributed by atoms with E-state index in [-0.39, 0.29) is 0 Å². The molecule has 0 aromatic rings. The van der Waals surface area contributed by atoms with E-state index in [1.165, 1.54) is 49.7 Å². The van der Waals surface area contributed by atoms with Crippen molar-refractivity contribution in [2.45, 2.75) is 110 Å². The average Bonchev–Trinajstić information content (AvgIpc) is 3.08. The molecule has 0 bridgehead atoms. The van der Waals surface area contributed by atoms with Crippen LogP contribution in [-0.2, 0) is 4.74 Å². The first-order valence-corrected chi connectivity index (χ1v) is 14.4. The Bertz CT molecular complexity index is 700. The van der Waals surface area contributed by atoms with Crippen LogP contribution < -0.4 is 0 Å². The van der Waals surface area contributed by atoms with Gasteiger partial charge in [0.1, 0.15) is 0 Å². The number of rotatable bonds is 9. The van der Waals surface area contributed by atoms with E-state index in [4.69, 9.17) is 4.74 Å². The second kappa shape index (κ2) is 11.3. The summed E-state index contributed by atoms with van der Waals surface area (Å²) in [6.07, 6.45) is 20.5. The minimum atomic E-state index is -0.529. The summed E-state index contributed by atoms with van der Waals surface area (Å²) in [6, 6.07) is 0. The highest BCUT2D eigenvalue weighted by atomic mass is 32.2. The Morgan fingerprint density at radius 3 is 2.75 bits per heavy atom. The molecule has 32 heavy (non-hydrogen) atoms. The van der Waals surface area contributed by atoms with Gasteiger partial charge in [0.15, 0.2) is 0 Å². The molecule has 3 rings (SSSR count). The smallest absolute Gasteiger partial charge is 0.0922 e. The molecule has 0 radical (unpaired) electrons. The molecular weight excluding hydrogens is 412 g/mol. The van der Waals surface area contributed by atoms with E-state index >= 15 is 0 Å². The van der Waals surface area contributed by atoms with Crippen LogP contribution in [-0.4, -0.2) is 29.0 Å². The maximum atomic E-state index is 10.1. The lowest BCUT2D eigenvalue weighted by atomic mass is 9.60. The van der Waals surface area contributed by atoms with Gasteiger partial charge in [0, 0.05) is 0 Å². The first-order chi connectivity index (χ1) is 15.1. The molecule has 0 spiro atoms. The van der Waals surface area contributed by atoms with Crippen molar-refractivity contribution in [1.82, 2.24) is 0 Å². The van der Waals surface area contributed by atoms with Crippen LogP contribution in [0, 0.1) is 23.2 Å². The standard InChI is InChI=1S/C29H48O2S/c1-21-11-14-25(31-20-32-6)19-24(21)13-12-23-10-8-18-29(5)26(15-16-27(23)29)22(2)9-7-17-28(3,4)30/h12-13,22,25-27,30H,1,7-11,14-20H2,2-6H3/b23-12+,24-13-/t22-,25+,26-,27?,29-/m1/s1. The van der Waals surface area contributed by atoms with Crippen molar-refractivity contribution in [2.75, 3.05) is 12.2 Å². The monoisotopic (exact) mass is 460 g/mol. The molecule has 0 saturated heterocycles. The second-order valence-electron chi connectivity index (χ2n) is 11.8. The van der Waals surface area contributed by atoms with Crippen LogP contribution in [0.3, 0.4) is 0 Å². The SMILES string of the molecule is C=C1CC[C@H](OCSC)C/C1=C/C=C1\CCC[C@@]2(C)C1CC[C@@H]2[C@H](C)CCCC(C)(C)O. The Labute approximate surface area is 202 Å². The van der Waals surface area contributed by atoms with Gasteiger partial charge in [-0.1, -0.05) is 56.6 Å². The Morgan fingerprint density at radius 2 is 2.03 bits per heavy atom. The summed E-state index contributed by atoms with van der Waals surface area (Å²) in [4.78, 5) is 0. The number of ether oxygens (including phenoxy) is 1. The topological polar surface area (TPSA) is 29.5 Å². The molecular formula is C29H48O2S. The number of hydrogen-bond donors (Lipinski definition) is 1. The minimum absolute atomic E-state index is 0.356. The van der Waals surface area contributed by atoms with Gasteiger partial charge in [0.2, 0.25) is 0 Å². The molecule has 0 aliphatic heterocycles. The van der Waals surface area contributed by atoms with Gasteiger partial charge in [-0.2, -0.15) is 0 Å². The lowest BCUT2D eigenvalue weighted by Gasteiger charge is -2.44. The number of aliphatic hydroxyl groups is 1. The van der Waals surface area contributed by atoms with Crippen molar-refractivity contribution in [3.63, 3.8) is 0 Å². The maximum Gasteiger partial charge on any atom is 0.0922 e. The zero-order chi connectivity index (χ0) is 23.4. The molecule has 0 heterocycles. The summed E-state index contributed by atoms with van der Waals surface area (Å²) in [5.74, 6) is 3.11. The summed E-state index contributed by atoms with van der Waals surface area (Å²) in [5, 5.41) is 10.1. The first kappa shape index (κ1) is 26.1. The van der Waals surface area contributed by atoms with Crippen LogP contribution in [0.1, 0.15) is 98.3 Å². The van der Waals surface area contributed by atoms with Crippen molar-refractivity contribution < 1.29 is 9.84 Å². The van der Waals surface area contributed by atoms with Gasteiger partial charge in [-0.25, -0.2) is 0 Å². The van der Waals surface area contributed by atoms with Gasteiger partial charge in [-0.15, -0.1) is 11.8 Å². The number of thioether (sulfide) groups is 1. The Morgan fingerprint density at radius 1 is 1.25 bits per heavy atom. The summed E-state index contributed by atoms with van der Waals surface area (Å²) in [6.45, 7) is 13.3. The van der Waals surface area contributed by atoms with E-state index in [1.54, 1.807) is 17.3 Å². The molecule has 0 amide bonds. The fourth-order valence-electron chi connectivity index (χ4n) is 6.96. The zero-order valence-corrected chi connectivity index (χ0v) is 22.2. The predicted molar refractivity (Wildman–Crippen MR) is 140 cm³/mol. The fourth-order valence-corrected chi connectivity index (χ4v) is 7.29. The molecule has 3 aliphatic carbocycles. The number of hydrogen-bond acceptors (Lipinski definition) is 3. The van der Waals surface area contributed by atoms with Crippen molar-refractivity contribution in [1.29, 1.82) is 0 Å². The van der Waals surface area contributed by atoms with Crippen molar-refractivity contribution >= 4 is 11.8 Å².